The Kier molecular flexibility index (Phi) is 2.87. The first-order valence-corrected chi connectivity index (χ1v) is 4.81. The van der Waals surface area contributed by atoms with E-state index in [2.05, 4.69) is 5.32 Å². The van der Waals surface area contributed by atoms with Gasteiger partial charge in [-0.15, -0.1) is 0 Å². The van der Waals surface area contributed by atoms with Gasteiger partial charge in [0, 0.05) is 12.7 Å². The molecule has 1 heterocycles. The number of amides is 1. The maximum absolute atomic E-state index is 10.4. The molecule has 0 saturated heterocycles. The molecule has 80 valence electrons. The molecular weight excluding hydrogens is 194 g/mol. The highest BCUT2D eigenvalue weighted by molar-refractivity contribution is 5.48. The zero-order valence-electron chi connectivity index (χ0n) is 8.47. The molecule has 1 amide bonds. The Hall–Kier alpha value is -1.55. The van der Waals surface area contributed by atoms with Crippen LogP contribution in [0, 0.1) is 0 Å². The van der Waals surface area contributed by atoms with Crippen LogP contribution < -0.4 is 10.1 Å². The highest BCUT2D eigenvalue weighted by Crippen LogP contribution is 2.33. The molecule has 0 radical (unpaired) electrons. The SMILES string of the molecule is COC1c2ccccc2OCC1NC=O. The van der Waals surface area contributed by atoms with Gasteiger partial charge in [-0.2, -0.15) is 0 Å². The van der Waals surface area contributed by atoms with Gasteiger partial charge in [-0.05, 0) is 6.07 Å². The largest absolute Gasteiger partial charge is 0.491 e. The summed E-state index contributed by atoms with van der Waals surface area (Å²) < 4.78 is 10.9. The minimum Gasteiger partial charge on any atom is -0.491 e. The van der Waals surface area contributed by atoms with Crippen LogP contribution in [0.2, 0.25) is 0 Å². The van der Waals surface area contributed by atoms with Gasteiger partial charge in [0.05, 0.1) is 6.04 Å². The normalized spacial score (nSPS) is 23.8. The van der Waals surface area contributed by atoms with Crippen LogP contribution in [-0.2, 0) is 9.53 Å². The fraction of sp³-hybridized carbons (Fsp3) is 0.364. The third-order valence-corrected chi connectivity index (χ3v) is 2.55. The number of carbonyl (C=O) groups excluding carboxylic acids is 1. The molecule has 2 unspecified atom stereocenters. The first-order chi connectivity index (χ1) is 7.36. The second kappa shape index (κ2) is 4.31. The van der Waals surface area contributed by atoms with E-state index in [9.17, 15) is 4.79 Å². The molecule has 0 bridgehead atoms. The maximum atomic E-state index is 10.4. The first-order valence-electron chi connectivity index (χ1n) is 4.81. The van der Waals surface area contributed by atoms with Crippen LogP contribution in [0.3, 0.4) is 0 Å². The predicted octanol–water partition coefficient (Wildman–Crippen LogP) is 0.881. The fourth-order valence-electron chi connectivity index (χ4n) is 1.84. The highest BCUT2D eigenvalue weighted by Gasteiger charge is 2.30. The fourth-order valence-corrected chi connectivity index (χ4v) is 1.84. The van der Waals surface area contributed by atoms with Crippen LogP contribution >= 0.6 is 0 Å². The lowest BCUT2D eigenvalue weighted by Crippen LogP contribution is -2.42. The number of benzene rings is 1. The van der Waals surface area contributed by atoms with Gasteiger partial charge in [0.2, 0.25) is 6.41 Å². The van der Waals surface area contributed by atoms with Crippen LogP contribution in [0.5, 0.6) is 5.75 Å². The first kappa shape index (κ1) is 9.98. The number of fused-ring (bicyclic) bond motifs is 1. The van der Waals surface area contributed by atoms with E-state index < -0.39 is 0 Å². The quantitative estimate of drug-likeness (QED) is 0.748. The summed E-state index contributed by atoms with van der Waals surface area (Å²) in [7, 11) is 1.63. The van der Waals surface area contributed by atoms with Crippen molar-refractivity contribution in [2.75, 3.05) is 13.7 Å². The van der Waals surface area contributed by atoms with Gasteiger partial charge >= 0.3 is 0 Å². The number of para-hydroxylation sites is 1. The molecule has 2 atom stereocenters. The van der Waals surface area contributed by atoms with Crippen LogP contribution in [0.15, 0.2) is 24.3 Å². The van der Waals surface area contributed by atoms with Crippen molar-refractivity contribution >= 4 is 6.41 Å². The lowest BCUT2D eigenvalue weighted by molar-refractivity contribution is -0.111. The zero-order chi connectivity index (χ0) is 10.7. The molecule has 2 rings (SSSR count). The van der Waals surface area contributed by atoms with Gasteiger partial charge in [0.1, 0.15) is 18.5 Å². The highest BCUT2D eigenvalue weighted by atomic mass is 16.5. The summed E-state index contributed by atoms with van der Waals surface area (Å²) in [5.74, 6) is 0.827. The number of hydrogen-bond donors (Lipinski definition) is 1. The second-order valence-electron chi connectivity index (χ2n) is 3.40. The van der Waals surface area contributed by atoms with Gasteiger partial charge in [-0.1, -0.05) is 18.2 Å². The van der Waals surface area contributed by atoms with Crippen molar-refractivity contribution < 1.29 is 14.3 Å². The van der Waals surface area contributed by atoms with Crippen molar-refractivity contribution in [2.24, 2.45) is 0 Å². The Morgan fingerprint density at radius 3 is 3.07 bits per heavy atom. The Morgan fingerprint density at radius 2 is 2.33 bits per heavy atom. The number of hydrogen-bond acceptors (Lipinski definition) is 3. The van der Waals surface area contributed by atoms with E-state index in [4.69, 9.17) is 9.47 Å². The molecule has 1 aromatic rings. The summed E-state index contributed by atoms with van der Waals surface area (Å²) in [4.78, 5) is 10.4. The van der Waals surface area contributed by atoms with E-state index in [1.807, 2.05) is 24.3 Å². The smallest absolute Gasteiger partial charge is 0.207 e. The summed E-state index contributed by atoms with van der Waals surface area (Å²) in [6, 6.07) is 7.57. The summed E-state index contributed by atoms with van der Waals surface area (Å²) in [6.45, 7) is 0.439. The lowest BCUT2D eigenvalue weighted by atomic mass is 9.99. The Labute approximate surface area is 88.2 Å². The Morgan fingerprint density at radius 1 is 1.53 bits per heavy atom. The van der Waals surface area contributed by atoms with Crippen molar-refractivity contribution in [3.63, 3.8) is 0 Å². The molecule has 4 nitrogen and oxygen atoms in total. The topological polar surface area (TPSA) is 47.6 Å². The van der Waals surface area contributed by atoms with Gasteiger partial charge in [0.25, 0.3) is 0 Å². The van der Waals surface area contributed by atoms with E-state index in [0.29, 0.717) is 13.0 Å². The molecule has 0 spiro atoms. The van der Waals surface area contributed by atoms with Gasteiger partial charge in [-0.25, -0.2) is 0 Å². The molecule has 15 heavy (non-hydrogen) atoms. The number of ether oxygens (including phenoxy) is 2. The van der Waals surface area contributed by atoms with E-state index in [0.717, 1.165) is 11.3 Å². The van der Waals surface area contributed by atoms with Crippen molar-refractivity contribution in [2.45, 2.75) is 12.1 Å². The summed E-state index contributed by atoms with van der Waals surface area (Å²) in [6.07, 6.45) is 0.536. The van der Waals surface area contributed by atoms with E-state index in [-0.39, 0.29) is 12.1 Å². The molecular formula is C11H13NO3. The van der Waals surface area contributed by atoms with E-state index in [1.54, 1.807) is 7.11 Å². The maximum Gasteiger partial charge on any atom is 0.207 e. The molecule has 1 N–H and O–H groups in total. The molecule has 0 aromatic heterocycles. The van der Waals surface area contributed by atoms with Crippen LogP contribution in [0.25, 0.3) is 0 Å². The third kappa shape index (κ3) is 1.80. The van der Waals surface area contributed by atoms with E-state index >= 15 is 0 Å². The Balaban J connectivity index is 2.29. The monoisotopic (exact) mass is 207 g/mol. The number of carbonyl (C=O) groups is 1. The van der Waals surface area contributed by atoms with Crippen LogP contribution in [0.1, 0.15) is 11.7 Å². The third-order valence-electron chi connectivity index (χ3n) is 2.55. The minimum atomic E-state index is -0.139. The summed E-state index contributed by atoms with van der Waals surface area (Å²) >= 11 is 0. The van der Waals surface area contributed by atoms with Gasteiger partial charge in [-0.3, -0.25) is 4.79 Å². The second-order valence-corrected chi connectivity index (χ2v) is 3.40. The summed E-state index contributed by atoms with van der Waals surface area (Å²) in [5, 5.41) is 2.70. The molecule has 0 aliphatic carbocycles. The molecule has 0 saturated carbocycles. The van der Waals surface area contributed by atoms with Crippen LogP contribution in [0.4, 0.5) is 0 Å². The molecule has 0 fully saturated rings. The van der Waals surface area contributed by atoms with Crippen molar-refractivity contribution in [1.29, 1.82) is 0 Å². The standard InChI is InChI=1S/C11H13NO3/c1-14-11-8-4-2-3-5-10(8)15-6-9(11)12-7-13/h2-5,7,9,11H,6H2,1H3,(H,12,13). The zero-order valence-corrected chi connectivity index (χ0v) is 8.47. The molecule has 1 aliphatic rings. The van der Waals surface area contributed by atoms with Crippen LogP contribution in [-0.4, -0.2) is 26.2 Å². The lowest BCUT2D eigenvalue weighted by Gasteiger charge is -2.32. The van der Waals surface area contributed by atoms with Gasteiger partial charge < -0.3 is 14.8 Å². The van der Waals surface area contributed by atoms with Gasteiger partial charge in [0.15, 0.2) is 0 Å². The Bertz CT molecular complexity index is 353. The summed E-state index contributed by atoms with van der Waals surface area (Å²) in [5.41, 5.74) is 0.977. The minimum absolute atomic E-state index is 0.123. The van der Waals surface area contributed by atoms with Crippen molar-refractivity contribution in [3.05, 3.63) is 29.8 Å². The molecule has 1 aromatic carbocycles. The number of rotatable bonds is 3. The molecule has 4 heteroatoms. The van der Waals surface area contributed by atoms with E-state index in [1.165, 1.54) is 0 Å². The van der Waals surface area contributed by atoms with Crippen molar-refractivity contribution in [3.8, 4) is 5.75 Å². The number of methoxy groups -OCH3 is 1. The average Bonchev–Trinajstić information content (AvgIpc) is 2.29. The predicted molar refractivity (Wildman–Crippen MR) is 54.7 cm³/mol. The average molecular weight is 207 g/mol. The molecule has 1 aliphatic heterocycles. The number of nitrogens with one attached hydrogen (secondary N) is 1. The van der Waals surface area contributed by atoms with Crippen molar-refractivity contribution in [1.82, 2.24) is 5.32 Å².